The molecule has 1 aromatic heterocycles. The highest BCUT2D eigenvalue weighted by atomic mass is 32.1. The molecule has 1 aliphatic heterocycles. The molecule has 0 unspecified atom stereocenters. The molecular formula is C8H7N3S. The van der Waals surface area contributed by atoms with Crippen molar-refractivity contribution >= 4 is 29.1 Å². The minimum absolute atomic E-state index is 0.560. The second-order valence-electron chi connectivity index (χ2n) is 2.48. The lowest BCUT2D eigenvalue weighted by Crippen LogP contribution is -2.11. The van der Waals surface area contributed by atoms with E-state index in [0.717, 1.165) is 16.2 Å². The highest BCUT2D eigenvalue weighted by molar-refractivity contribution is 7.80. The first kappa shape index (κ1) is 7.36. The molecule has 0 amide bonds. The average Bonchev–Trinajstić information content (AvgIpc) is 2.25. The molecule has 1 aliphatic rings. The zero-order chi connectivity index (χ0) is 8.39. The molecule has 0 bridgehead atoms. The summed E-state index contributed by atoms with van der Waals surface area (Å²) < 4.78 is 0. The zero-order valence-electron chi connectivity index (χ0n) is 6.32. The van der Waals surface area contributed by atoms with Gasteiger partial charge in [0.05, 0.1) is 18.4 Å². The van der Waals surface area contributed by atoms with E-state index in [1.807, 2.05) is 12.3 Å². The molecule has 0 fully saturated rings. The van der Waals surface area contributed by atoms with Crippen LogP contribution in [0.5, 0.6) is 0 Å². The number of nitrogens with one attached hydrogen (secondary N) is 1. The third kappa shape index (κ3) is 1.33. The standard InChI is InChI=1S/C8H7N3S/c12-8-5-10-3-6-1-2-9-4-7(6)11-8/h1-4H,5H2,(H,11,12). The fourth-order valence-corrected chi connectivity index (χ4v) is 1.22. The molecule has 0 saturated heterocycles. The number of hydrogen-bond donors (Lipinski definition) is 1. The monoisotopic (exact) mass is 177 g/mol. The zero-order valence-corrected chi connectivity index (χ0v) is 7.14. The molecule has 0 aliphatic carbocycles. The highest BCUT2D eigenvalue weighted by Gasteiger charge is 2.05. The molecule has 4 heteroatoms. The van der Waals surface area contributed by atoms with E-state index in [0.29, 0.717) is 6.54 Å². The smallest absolute Gasteiger partial charge is 0.102 e. The maximum atomic E-state index is 5.02. The van der Waals surface area contributed by atoms with Gasteiger partial charge in [0, 0.05) is 18.0 Å². The first-order chi connectivity index (χ1) is 5.86. The molecule has 2 rings (SSSR count). The van der Waals surface area contributed by atoms with Crippen molar-refractivity contribution in [2.24, 2.45) is 4.99 Å². The van der Waals surface area contributed by atoms with E-state index < -0.39 is 0 Å². The van der Waals surface area contributed by atoms with Gasteiger partial charge in [-0.05, 0) is 6.07 Å². The summed E-state index contributed by atoms with van der Waals surface area (Å²) in [6.07, 6.45) is 5.29. The van der Waals surface area contributed by atoms with Crippen LogP contribution in [0.2, 0.25) is 0 Å². The number of thiocarbonyl (C=S) groups is 1. The Morgan fingerprint density at radius 3 is 3.33 bits per heavy atom. The van der Waals surface area contributed by atoms with E-state index in [1.54, 1.807) is 12.4 Å². The van der Waals surface area contributed by atoms with Crippen molar-refractivity contribution in [3.05, 3.63) is 24.0 Å². The van der Waals surface area contributed by atoms with E-state index in [-0.39, 0.29) is 0 Å². The molecule has 1 aromatic rings. The quantitative estimate of drug-likeness (QED) is 0.606. The normalized spacial score (nSPS) is 14.8. The summed E-state index contributed by atoms with van der Waals surface area (Å²) in [6, 6.07) is 1.90. The maximum Gasteiger partial charge on any atom is 0.102 e. The highest BCUT2D eigenvalue weighted by Crippen LogP contribution is 2.12. The van der Waals surface area contributed by atoms with Gasteiger partial charge in [-0.25, -0.2) is 0 Å². The second-order valence-corrected chi connectivity index (χ2v) is 2.97. The molecule has 1 N–H and O–H groups in total. The van der Waals surface area contributed by atoms with Gasteiger partial charge in [-0.3, -0.25) is 9.98 Å². The van der Waals surface area contributed by atoms with E-state index in [9.17, 15) is 0 Å². The van der Waals surface area contributed by atoms with Gasteiger partial charge in [0.1, 0.15) is 4.99 Å². The Labute approximate surface area is 75.5 Å². The third-order valence-electron chi connectivity index (χ3n) is 1.59. The number of aromatic nitrogens is 1. The molecule has 2 heterocycles. The summed E-state index contributed by atoms with van der Waals surface area (Å²) >= 11 is 5.02. The van der Waals surface area contributed by atoms with Crippen LogP contribution >= 0.6 is 12.2 Å². The number of aliphatic imine (C=N–C) groups is 1. The van der Waals surface area contributed by atoms with Crippen LogP contribution in [-0.4, -0.2) is 22.7 Å². The number of nitrogens with zero attached hydrogens (tertiary/aromatic N) is 2. The van der Waals surface area contributed by atoms with Gasteiger partial charge in [-0.1, -0.05) is 12.2 Å². The number of rotatable bonds is 0. The Morgan fingerprint density at radius 2 is 2.42 bits per heavy atom. The van der Waals surface area contributed by atoms with Crippen LogP contribution in [0.15, 0.2) is 23.5 Å². The number of anilines is 1. The second kappa shape index (κ2) is 2.98. The first-order valence-electron chi connectivity index (χ1n) is 3.60. The summed E-state index contributed by atoms with van der Waals surface area (Å²) in [6.45, 7) is 0.560. The van der Waals surface area contributed by atoms with Crippen molar-refractivity contribution in [1.29, 1.82) is 0 Å². The van der Waals surface area contributed by atoms with Crippen LogP contribution < -0.4 is 5.32 Å². The van der Waals surface area contributed by atoms with Crippen LogP contribution in [0.25, 0.3) is 0 Å². The van der Waals surface area contributed by atoms with Crippen LogP contribution in [-0.2, 0) is 0 Å². The van der Waals surface area contributed by atoms with Gasteiger partial charge in [0.15, 0.2) is 0 Å². The van der Waals surface area contributed by atoms with Crippen LogP contribution in [0.4, 0.5) is 5.69 Å². The van der Waals surface area contributed by atoms with Crippen molar-refractivity contribution < 1.29 is 0 Å². The van der Waals surface area contributed by atoms with Crippen LogP contribution in [0.3, 0.4) is 0 Å². The first-order valence-corrected chi connectivity index (χ1v) is 4.01. The van der Waals surface area contributed by atoms with Crippen molar-refractivity contribution in [1.82, 2.24) is 4.98 Å². The van der Waals surface area contributed by atoms with E-state index >= 15 is 0 Å². The fraction of sp³-hybridized carbons (Fsp3) is 0.125. The Kier molecular flexibility index (Phi) is 1.83. The average molecular weight is 177 g/mol. The van der Waals surface area contributed by atoms with Crippen LogP contribution in [0.1, 0.15) is 5.56 Å². The lowest BCUT2D eigenvalue weighted by Gasteiger charge is -2.03. The van der Waals surface area contributed by atoms with Crippen molar-refractivity contribution in [2.75, 3.05) is 11.9 Å². The van der Waals surface area contributed by atoms with Crippen LogP contribution in [0, 0.1) is 0 Å². The summed E-state index contributed by atoms with van der Waals surface area (Å²) in [4.78, 5) is 8.86. The largest absolute Gasteiger partial charge is 0.347 e. The van der Waals surface area contributed by atoms with Gasteiger partial charge in [-0.2, -0.15) is 0 Å². The summed E-state index contributed by atoms with van der Waals surface area (Å²) in [7, 11) is 0. The van der Waals surface area contributed by atoms with E-state index in [4.69, 9.17) is 12.2 Å². The lowest BCUT2D eigenvalue weighted by atomic mass is 10.2. The molecule has 0 radical (unpaired) electrons. The topological polar surface area (TPSA) is 37.3 Å². The SMILES string of the molecule is S=C1CN=Cc2ccncc2N1. The molecule has 3 nitrogen and oxygen atoms in total. The number of hydrogen-bond acceptors (Lipinski definition) is 3. The molecular weight excluding hydrogens is 170 g/mol. The Bertz CT molecular complexity index is 346. The lowest BCUT2D eigenvalue weighted by molar-refractivity contribution is 1.32. The van der Waals surface area contributed by atoms with E-state index in [2.05, 4.69) is 15.3 Å². The summed E-state index contributed by atoms with van der Waals surface area (Å²) in [5.41, 5.74) is 1.97. The van der Waals surface area contributed by atoms with Crippen molar-refractivity contribution in [3.8, 4) is 0 Å². The third-order valence-corrected chi connectivity index (χ3v) is 1.83. The Morgan fingerprint density at radius 1 is 1.50 bits per heavy atom. The molecule has 0 saturated carbocycles. The maximum absolute atomic E-state index is 5.02. The Balaban J connectivity index is 2.48. The van der Waals surface area contributed by atoms with Gasteiger partial charge in [0.2, 0.25) is 0 Å². The number of fused-ring (bicyclic) bond motifs is 1. The molecule has 0 aromatic carbocycles. The minimum Gasteiger partial charge on any atom is -0.347 e. The fourth-order valence-electron chi connectivity index (χ4n) is 1.04. The van der Waals surface area contributed by atoms with E-state index in [1.165, 1.54) is 0 Å². The molecule has 60 valence electrons. The molecule has 12 heavy (non-hydrogen) atoms. The number of pyridine rings is 1. The van der Waals surface area contributed by atoms with Crippen molar-refractivity contribution in [2.45, 2.75) is 0 Å². The summed E-state index contributed by atoms with van der Waals surface area (Å²) in [5, 5.41) is 3.07. The molecule has 0 spiro atoms. The summed E-state index contributed by atoms with van der Waals surface area (Å²) in [5.74, 6) is 0. The predicted molar refractivity (Wildman–Crippen MR) is 52.9 cm³/mol. The van der Waals surface area contributed by atoms with Gasteiger partial charge >= 0.3 is 0 Å². The van der Waals surface area contributed by atoms with Crippen molar-refractivity contribution in [3.63, 3.8) is 0 Å². The van der Waals surface area contributed by atoms with Gasteiger partial charge in [0.25, 0.3) is 0 Å². The van der Waals surface area contributed by atoms with Gasteiger partial charge < -0.3 is 5.32 Å². The minimum atomic E-state index is 0.560. The molecule has 0 atom stereocenters. The predicted octanol–water partition coefficient (Wildman–Crippen LogP) is 1.25. The van der Waals surface area contributed by atoms with Gasteiger partial charge in [-0.15, -0.1) is 0 Å². The Hall–Kier alpha value is -1.29.